The molecule has 0 saturated heterocycles. The first-order valence-electron chi connectivity index (χ1n) is 6.42. The highest BCUT2D eigenvalue weighted by Crippen LogP contribution is 2.29. The molecule has 0 aromatic heterocycles. The summed E-state index contributed by atoms with van der Waals surface area (Å²) in [7, 11) is 0. The molecule has 18 heavy (non-hydrogen) atoms. The van der Waals surface area contributed by atoms with E-state index < -0.39 is 6.10 Å². The van der Waals surface area contributed by atoms with Crippen molar-refractivity contribution in [3.8, 4) is 5.75 Å². The predicted molar refractivity (Wildman–Crippen MR) is 74.6 cm³/mol. The summed E-state index contributed by atoms with van der Waals surface area (Å²) in [6.07, 6.45) is -0.418. The number of rotatable bonds is 4. The van der Waals surface area contributed by atoms with Gasteiger partial charge in [0.1, 0.15) is 5.75 Å². The molecule has 3 N–H and O–H groups in total. The molecule has 0 heterocycles. The number of aliphatic hydroxyl groups excluding tert-OH is 1. The molecule has 0 aliphatic rings. The summed E-state index contributed by atoms with van der Waals surface area (Å²) >= 11 is 0. The van der Waals surface area contributed by atoms with Crippen molar-refractivity contribution < 1.29 is 9.84 Å². The second kappa shape index (κ2) is 5.72. The molecular weight excluding hydrogens is 226 g/mol. The van der Waals surface area contributed by atoms with E-state index in [0.29, 0.717) is 0 Å². The van der Waals surface area contributed by atoms with Crippen LogP contribution in [0.3, 0.4) is 0 Å². The number of ether oxygens (including phenoxy) is 1. The maximum absolute atomic E-state index is 10.2. The summed E-state index contributed by atoms with van der Waals surface area (Å²) in [4.78, 5) is 0. The van der Waals surface area contributed by atoms with Crippen LogP contribution in [0.15, 0.2) is 24.3 Å². The molecule has 102 valence electrons. The number of hydrogen-bond acceptors (Lipinski definition) is 3. The normalized spacial score (nSPS) is 15.6. The zero-order valence-corrected chi connectivity index (χ0v) is 12.0. The molecule has 0 radical (unpaired) electrons. The molecule has 0 aliphatic carbocycles. The minimum atomic E-state index is -0.575. The first kappa shape index (κ1) is 15.0. The van der Waals surface area contributed by atoms with Crippen LogP contribution in [-0.2, 0) is 0 Å². The summed E-state index contributed by atoms with van der Waals surface area (Å²) in [6, 6.07) is 7.24. The van der Waals surface area contributed by atoms with Crippen LogP contribution in [0.5, 0.6) is 5.75 Å². The van der Waals surface area contributed by atoms with E-state index in [0.717, 1.165) is 11.3 Å². The third-order valence-electron chi connectivity index (χ3n) is 2.86. The van der Waals surface area contributed by atoms with Crippen molar-refractivity contribution in [2.24, 2.45) is 11.1 Å². The van der Waals surface area contributed by atoms with Crippen LogP contribution in [0.4, 0.5) is 0 Å². The predicted octanol–water partition coefficient (Wildman–Crippen LogP) is 2.88. The fraction of sp³-hybridized carbons (Fsp3) is 0.600. The monoisotopic (exact) mass is 251 g/mol. The van der Waals surface area contributed by atoms with Crippen molar-refractivity contribution in [1.29, 1.82) is 0 Å². The lowest BCUT2D eigenvalue weighted by molar-refractivity contribution is 0.0401. The average molecular weight is 251 g/mol. The van der Waals surface area contributed by atoms with Crippen LogP contribution < -0.4 is 10.5 Å². The van der Waals surface area contributed by atoms with Crippen LogP contribution >= 0.6 is 0 Å². The lowest BCUT2D eigenvalue weighted by Gasteiger charge is -2.31. The molecule has 1 rings (SSSR count). The number of nitrogens with two attached hydrogens (primary N) is 1. The van der Waals surface area contributed by atoms with Crippen molar-refractivity contribution in [3.63, 3.8) is 0 Å². The van der Waals surface area contributed by atoms with Crippen LogP contribution in [-0.4, -0.2) is 17.3 Å². The minimum absolute atomic E-state index is 0.157. The van der Waals surface area contributed by atoms with Gasteiger partial charge in [-0.15, -0.1) is 0 Å². The minimum Gasteiger partial charge on any atom is -0.491 e. The molecule has 1 aromatic carbocycles. The summed E-state index contributed by atoms with van der Waals surface area (Å²) < 4.78 is 5.57. The molecule has 1 aromatic rings. The topological polar surface area (TPSA) is 55.5 Å². The fourth-order valence-electron chi connectivity index (χ4n) is 1.76. The quantitative estimate of drug-likeness (QED) is 0.865. The van der Waals surface area contributed by atoms with E-state index in [2.05, 4.69) is 0 Å². The largest absolute Gasteiger partial charge is 0.491 e. The summed E-state index contributed by atoms with van der Waals surface area (Å²) in [6.45, 7) is 9.92. The molecule has 0 bridgehead atoms. The van der Waals surface area contributed by atoms with Crippen LogP contribution in [0.2, 0.25) is 0 Å². The molecule has 2 atom stereocenters. The third-order valence-corrected chi connectivity index (χ3v) is 2.86. The zero-order chi connectivity index (χ0) is 13.9. The Kier molecular flexibility index (Phi) is 4.77. The summed E-state index contributed by atoms with van der Waals surface area (Å²) in [5.41, 5.74) is 6.78. The Morgan fingerprint density at radius 1 is 1.11 bits per heavy atom. The van der Waals surface area contributed by atoms with Crippen LogP contribution in [0, 0.1) is 5.41 Å². The van der Waals surface area contributed by atoms with Crippen molar-refractivity contribution in [2.45, 2.75) is 52.9 Å². The smallest absolute Gasteiger partial charge is 0.119 e. The highest BCUT2D eigenvalue weighted by Gasteiger charge is 2.28. The molecule has 0 spiro atoms. The van der Waals surface area contributed by atoms with Gasteiger partial charge in [-0.05, 0) is 37.0 Å². The number of benzene rings is 1. The molecular formula is C15H25NO2. The van der Waals surface area contributed by atoms with Crippen molar-refractivity contribution in [1.82, 2.24) is 0 Å². The van der Waals surface area contributed by atoms with E-state index in [9.17, 15) is 5.11 Å². The molecule has 0 fully saturated rings. The van der Waals surface area contributed by atoms with Gasteiger partial charge < -0.3 is 15.6 Å². The van der Waals surface area contributed by atoms with E-state index in [1.165, 1.54) is 0 Å². The maximum atomic E-state index is 10.2. The van der Waals surface area contributed by atoms with E-state index in [1.54, 1.807) is 0 Å². The average Bonchev–Trinajstić information content (AvgIpc) is 2.26. The second-order valence-electron chi connectivity index (χ2n) is 6.07. The zero-order valence-electron chi connectivity index (χ0n) is 12.0. The van der Waals surface area contributed by atoms with E-state index in [4.69, 9.17) is 10.5 Å². The Balaban J connectivity index is 2.79. The maximum Gasteiger partial charge on any atom is 0.119 e. The van der Waals surface area contributed by atoms with E-state index in [1.807, 2.05) is 58.9 Å². The van der Waals surface area contributed by atoms with Crippen molar-refractivity contribution >= 4 is 0 Å². The Morgan fingerprint density at radius 3 is 2.00 bits per heavy atom. The molecule has 0 unspecified atom stereocenters. The van der Waals surface area contributed by atoms with Crippen molar-refractivity contribution in [2.75, 3.05) is 0 Å². The van der Waals surface area contributed by atoms with Gasteiger partial charge in [0.25, 0.3) is 0 Å². The van der Waals surface area contributed by atoms with Gasteiger partial charge in [-0.3, -0.25) is 0 Å². The Hall–Kier alpha value is -1.06. The second-order valence-corrected chi connectivity index (χ2v) is 6.07. The van der Waals surface area contributed by atoms with Crippen LogP contribution in [0.1, 0.15) is 46.2 Å². The molecule has 0 aliphatic heterocycles. The number of hydrogen-bond donors (Lipinski definition) is 2. The third kappa shape index (κ3) is 4.00. The summed E-state index contributed by atoms with van der Waals surface area (Å²) in [5, 5.41) is 10.2. The Bertz CT molecular complexity index is 365. The van der Waals surface area contributed by atoms with Gasteiger partial charge in [-0.2, -0.15) is 0 Å². The molecule has 3 heteroatoms. The van der Waals surface area contributed by atoms with Crippen molar-refractivity contribution in [3.05, 3.63) is 29.8 Å². The van der Waals surface area contributed by atoms with Gasteiger partial charge in [-0.1, -0.05) is 32.9 Å². The number of aliphatic hydroxyl groups is 1. The highest BCUT2D eigenvalue weighted by molar-refractivity contribution is 5.30. The lowest BCUT2D eigenvalue weighted by Crippen LogP contribution is -2.36. The van der Waals surface area contributed by atoms with Gasteiger partial charge in [-0.25, -0.2) is 0 Å². The van der Waals surface area contributed by atoms with Gasteiger partial charge in [0, 0.05) is 0 Å². The Morgan fingerprint density at radius 2 is 1.61 bits per heavy atom. The molecule has 0 saturated carbocycles. The summed E-state index contributed by atoms with van der Waals surface area (Å²) in [5.74, 6) is 0.825. The van der Waals surface area contributed by atoms with Crippen LogP contribution in [0.25, 0.3) is 0 Å². The fourth-order valence-corrected chi connectivity index (χ4v) is 1.76. The lowest BCUT2D eigenvalue weighted by atomic mass is 9.82. The first-order chi connectivity index (χ1) is 8.21. The highest BCUT2D eigenvalue weighted by atomic mass is 16.5. The van der Waals surface area contributed by atoms with Gasteiger partial charge in [0.2, 0.25) is 0 Å². The van der Waals surface area contributed by atoms with Gasteiger partial charge >= 0.3 is 0 Å². The van der Waals surface area contributed by atoms with Gasteiger partial charge in [0.05, 0.1) is 18.2 Å². The molecule has 3 nitrogen and oxygen atoms in total. The Labute approximate surface area is 110 Å². The first-order valence-corrected chi connectivity index (χ1v) is 6.42. The van der Waals surface area contributed by atoms with E-state index in [-0.39, 0.29) is 17.6 Å². The SMILES string of the molecule is CC(C)Oc1ccc([C@H](N)[C@H](O)C(C)(C)C)cc1. The molecule has 0 amide bonds. The van der Waals surface area contributed by atoms with Gasteiger partial charge in [0.15, 0.2) is 0 Å². The van der Waals surface area contributed by atoms with E-state index >= 15 is 0 Å². The standard InChI is InChI=1S/C15H25NO2/c1-10(2)18-12-8-6-11(7-9-12)13(16)14(17)15(3,4)5/h6-10,13-14,17H,16H2,1-5H3/t13-,14-/m0/s1.